The van der Waals surface area contributed by atoms with E-state index in [4.69, 9.17) is 18.5 Å². The zero-order chi connectivity index (χ0) is 29.4. The molecule has 0 spiro atoms. The molecule has 8 nitrogen and oxygen atoms in total. The van der Waals surface area contributed by atoms with Crippen LogP contribution in [0.25, 0.3) is 0 Å². The molecule has 0 saturated heterocycles. The van der Waals surface area contributed by atoms with E-state index in [2.05, 4.69) is 0 Å². The Morgan fingerprint density at radius 3 is 1.12 bits per heavy atom. The molecule has 0 atom stereocenters. The average molecular weight is 591 g/mol. The van der Waals surface area contributed by atoms with Crippen LogP contribution < -0.4 is 0 Å². The monoisotopic (exact) mass is 590 g/mol. The highest BCUT2D eigenvalue weighted by atomic mass is 31.2. The van der Waals surface area contributed by atoms with Crippen LogP contribution in [0.1, 0.15) is 111 Å². The van der Waals surface area contributed by atoms with Gasteiger partial charge in [-0.05, 0) is 49.9 Å². The summed E-state index contributed by atoms with van der Waals surface area (Å²) >= 11 is 0. The van der Waals surface area contributed by atoms with Gasteiger partial charge in [0.15, 0.2) is 0 Å². The lowest BCUT2D eigenvalue weighted by atomic mass is 10.1. The van der Waals surface area contributed by atoms with Crippen molar-refractivity contribution >= 4 is 19.8 Å². The van der Waals surface area contributed by atoms with E-state index in [1.807, 2.05) is 36.4 Å². The van der Waals surface area contributed by atoms with Crippen molar-refractivity contribution in [3.8, 4) is 0 Å². The SMILES string of the molecule is O=C(OCCCCCCCCCOP(=O)(O)OCCCCCCCCCOC(=O)c1ccccc1)c1ccccc1. The number of esters is 2. The summed E-state index contributed by atoms with van der Waals surface area (Å²) in [5.74, 6) is -0.556. The van der Waals surface area contributed by atoms with Crippen LogP contribution in [0.15, 0.2) is 60.7 Å². The minimum atomic E-state index is -3.98. The Hall–Kier alpha value is -2.51. The summed E-state index contributed by atoms with van der Waals surface area (Å²) in [6, 6.07) is 18.0. The minimum absolute atomic E-state index is 0.212. The second-order valence-corrected chi connectivity index (χ2v) is 11.5. The zero-order valence-corrected chi connectivity index (χ0v) is 25.1. The number of benzene rings is 2. The lowest BCUT2D eigenvalue weighted by Crippen LogP contribution is -2.06. The van der Waals surface area contributed by atoms with Crippen LogP contribution in [0.3, 0.4) is 0 Å². The maximum Gasteiger partial charge on any atom is 0.472 e. The number of phosphoric ester groups is 1. The first-order chi connectivity index (χ1) is 20.0. The Balaban J connectivity index is 1.30. The quantitative estimate of drug-likeness (QED) is 0.0739. The zero-order valence-electron chi connectivity index (χ0n) is 24.3. The molecule has 0 aromatic heterocycles. The van der Waals surface area contributed by atoms with Crippen molar-refractivity contribution in [3.63, 3.8) is 0 Å². The molecule has 2 aromatic rings. The first-order valence-electron chi connectivity index (χ1n) is 15.0. The van der Waals surface area contributed by atoms with Crippen molar-refractivity contribution in [1.82, 2.24) is 0 Å². The summed E-state index contributed by atoms with van der Waals surface area (Å²) in [7, 11) is -3.98. The smallest absolute Gasteiger partial charge is 0.462 e. The van der Waals surface area contributed by atoms with E-state index in [1.165, 1.54) is 0 Å². The third kappa shape index (κ3) is 17.8. The first kappa shape index (κ1) is 34.7. The first-order valence-corrected chi connectivity index (χ1v) is 16.5. The largest absolute Gasteiger partial charge is 0.472 e. The highest BCUT2D eigenvalue weighted by molar-refractivity contribution is 7.47. The van der Waals surface area contributed by atoms with Crippen LogP contribution in [-0.2, 0) is 23.1 Å². The van der Waals surface area contributed by atoms with Gasteiger partial charge < -0.3 is 14.4 Å². The summed E-state index contributed by atoms with van der Waals surface area (Å²) in [6.45, 7) is 1.29. The van der Waals surface area contributed by atoms with Gasteiger partial charge in [-0.3, -0.25) is 9.05 Å². The number of phosphoric acid groups is 1. The third-order valence-electron chi connectivity index (χ3n) is 6.57. The summed E-state index contributed by atoms with van der Waals surface area (Å²) in [5, 5.41) is 0. The van der Waals surface area contributed by atoms with Crippen LogP contribution in [0.4, 0.5) is 0 Å². The maximum atomic E-state index is 12.0. The topological polar surface area (TPSA) is 108 Å². The Labute approximate surface area is 245 Å². The van der Waals surface area contributed by atoms with Crippen molar-refractivity contribution in [3.05, 3.63) is 71.8 Å². The number of rotatable bonds is 24. The van der Waals surface area contributed by atoms with E-state index in [9.17, 15) is 19.0 Å². The van der Waals surface area contributed by atoms with Gasteiger partial charge in [-0.15, -0.1) is 0 Å². The predicted octanol–water partition coefficient (Wildman–Crippen LogP) is 8.30. The molecule has 0 unspecified atom stereocenters. The second kappa shape index (κ2) is 22.1. The van der Waals surface area contributed by atoms with Gasteiger partial charge in [0.1, 0.15) is 0 Å². The fourth-order valence-electron chi connectivity index (χ4n) is 4.22. The summed E-state index contributed by atoms with van der Waals surface area (Å²) in [6.07, 6.45) is 13.3. The molecule has 0 radical (unpaired) electrons. The third-order valence-corrected chi connectivity index (χ3v) is 7.59. The van der Waals surface area contributed by atoms with Gasteiger partial charge in [-0.1, -0.05) is 101 Å². The van der Waals surface area contributed by atoms with Crippen molar-refractivity contribution in [2.45, 2.75) is 89.9 Å². The molecule has 0 amide bonds. The maximum absolute atomic E-state index is 12.0. The van der Waals surface area contributed by atoms with E-state index in [0.29, 0.717) is 37.2 Å². The molecule has 9 heteroatoms. The van der Waals surface area contributed by atoms with E-state index in [-0.39, 0.29) is 25.2 Å². The number of carbonyl (C=O) groups excluding carboxylic acids is 2. The van der Waals surface area contributed by atoms with Gasteiger partial charge in [0, 0.05) is 0 Å². The van der Waals surface area contributed by atoms with Crippen LogP contribution in [0.2, 0.25) is 0 Å². The normalized spacial score (nSPS) is 11.3. The Bertz CT molecular complexity index is 922. The lowest BCUT2D eigenvalue weighted by Gasteiger charge is -2.12. The summed E-state index contributed by atoms with van der Waals surface area (Å²) < 4.78 is 32.7. The molecule has 228 valence electrons. The molecule has 0 bridgehead atoms. The second-order valence-electron chi connectivity index (χ2n) is 10.1. The Kier molecular flexibility index (Phi) is 18.7. The van der Waals surface area contributed by atoms with Gasteiger partial charge in [-0.2, -0.15) is 0 Å². The molecule has 1 N–H and O–H groups in total. The van der Waals surface area contributed by atoms with Crippen LogP contribution >= 0.6 is 7.82 Å². The fourth-order valence-corrected chi connectivity index (χ4v) is 5.01. The standard InChI is InChI=1S/C32H47O8P/c33-31(29-21-13-11-14-22-29)37-25-17-7-3-1-5-9-19-27-39-41(35,36)40-28-20-10-6-2-4-8-18-26-38-32(34)30-23-15-12-16-24-30/h11-16,21-24H,1-10,17-20,25-28H2,(H,35,36). The highest BCUT2D eigenvalue weighted by Gasteiger charge is 2.20. The minimum Gasteiger partial charge on any atom is -0.462 e. The van der Waals surface area contributed by atoms with Crippen molar-refractivity contribution in [2.75, 3.05) is 26.4 Å². The molecule has 0 aliphatic heterocycles. The lowest BCUT2D eigenvalue weighted by molar-refractivity contribution is 0.0488. The summed E-state index contributed by atoms with van der Waals surface area (Å²) in [5.41, 5.74) is 1.15. The molecule has 2 rings (SSSR count). The molecule has 0 aliphatic rings. The van der Waals surface area contributed by atoms with Gasteiger partial charge >= 0.3 is 19.8 Å². The molecule has 0 fully saturated rings. The molecule has 2 aromatic carbocycles. The predicted molar refractivity (Wildman–Crippen MR) is 160 cm³/mol. The van der Waals surface area contributed by atoms with Crippen molar-refractivity contribution < 1.29 is 37.6 Å². The molecule has 0 aliphatic carbocycles. The van der Waals surface area contributed by atoms with Gasteiger partial charge in [0.2, 0.25) is 0 Å². The number of hydrogen-bond acceptors (Lipinski definition) is 7. The molecule has 0 heterocycles. The average Bonchev–Trinajstić information content (AvgIpc) is 2.99. The number of unbranched alkanes of at least 4 members (excludes halogenated alkanes) is 12. The van der Waals surface area contributed by atoms with E-state index < -0.39 is 7.82 Å². The molecule has 0 saturated carbocycles. The summed E-state index contributed by atoms with van der Waals surface area (Å²) in [4.78, 5) is 33.5. The highest BCUT2D eigenvalue weighted by Crippen LogP contribution is 2.43. The van der Waals surface area contributed by atoms with Crippen molar-refractivity contribution in [2.24, 2.45) is 0 Å². The van der Waals surface area contributed by atoms with Crippen LogP contribution in [0.5, 0.6) is 0 Å². The number of ether oxygens (including phenoxy) is 2. The van der Waals surface area contributed by atoms with Crippen LogP contribution in [0, 0.1) is 0 Å². The van der Waals surface area contributed by atoms with E-state index >= 15 is 0 Å². The van der Waals surface area contributed by atoms with Crippen LogP contribution in [-0.4, -0.2) is 43.3 Å². The Morgan fingerprint density at radius 2 is 0.780 bits per heavy atom. The van der Waals surface area contributed by atoms with Gasteiger partial charge in [0.05, 0.1) is 37.6 Å². The fraction of sp³-hybridized carbons (Fsp3) is 0.562. The van der Waals surface area contributed by atoms with Crippen molar-refractivity contribution in [1.29, 1.82) is 0 Å². The van der Waals surface area contributed by atoms with Gasteiger partial charge in [-0.25, -0.2) is 14.2 Å². The number of carbonyl (C=O) groups is 2. The number of hydrogen-bond donors (Lipinski definition) is 1. The van der Waals surface area contributed by atoms with Gasteiger partial charge in [0.25, 0.3) is 0 Å². The molecular formula is C32H47O8P. The molecule has 41 heavy (non-hydrogen) atoms. The molecular weight excluding hydrogens is 543 g/mol. The Morgan fingerprint density at radius 1 is 0.488 bits per heavy atom. The van der Waals surface area contributed by atoms with E-state index in [1.54, 1.807) is 24.3 Å². The van der Waals surface area contributed by atoms with E-state index in [0.717, 1.165) is 77.0 Å².